The van der Waals surface area contributed by atoms with Gasteiger partial charge in [-0.1, -0.05) is 35.8 Å². The van der Waals surface area contributed by atoms with Crippen LogP contribution in [0.1, 0.15) is 19.4 Å². The van der Waals surface area contributed by atoms with Gasteiger partial charge in [-0.15, -0.1) is 0 Å². The predicted octanol–water partition coefficient (Wildman–Crippen LogP) is 4.24. The minimum atomic E-state index is 0.432. The first-order valence-corrected chi connectivity index (χ1v) is 8.00. The van der Waals surface area contributed by atoms with Crippen molar-refractivity contribution < 1.29 is 0 Å². The lowest BCUT2D eigenvalue weighted by Gasteiger charge is -2.12. The lowest BCUT2D eigenvalue weighted by molar-refractivity contribution is 0.648. The Bertz CT molecular complexity index is 830. The van der Waals surface area contributed by atoms with E-state index < -0.39 is 0 Å². The van der Waals surface area contributed by atoms with E-state index >= 15 is 0 Å². The monoisotopic (exact) mass is 356 g/mol. The molecule has 4 nitrogen and oxygen atoms in total. The minimum Gasteiger partial charge on any atom is -0.382 e. The number of halogens is 1. The van der Waals surface area contributed by atoms with Gasteiger partial charge < -0.3 is 5.73 Å². The average Bonchev–Trinajstić information content (AvgIpc) is 2.49. The zero-order valence-electron chi connectivity index (χ0n) is 12.5. The first-order valence-electron chi connectivity index (χ1n) is 7.20. The summed E-state index contributed by atoms with van der Waals surface area (Å²) >= 11 is 3.53. The molecule has 0 bridgehead atoms. The summed E-state index contributed by atoms with van der Waals surface area (Å²) in [5.74, 6) is 1.68. The number of hydrogen-bond acceptors (Lipinski definition) is 4. The maximum absolute atomic E-state index is 5.94. The molecule has 0 atom stereocenters. The van der Waals surface area contributed by atoms with E-state index in [4.69, 9.17) is 5.73 Å². The highest BCUT2D eigenvalue weighted by Gasteiger charge is 2.12. The lowest BCUT2D eigenvalue weighted by Crippen LogP contribution is -2.01. The first kappa shape index (κ1) is 14.9. The Hall–Kier alpha value is -2.01. The number of nitrogens with two attached hydrogens (primary N) is 1. The topological polar surface area (TPSA) is 64.7 Å². The van der Waals surface area contributed by atoms with Crippen LogP contribution in [0.25, 0.3) is 22.3 Å². The molecule has 22 heavy (non-hydrogen) atoms. The fourth-order valence-electron chi connectivity index (χ4n) is 2.48. The fraction of sp³-hybridized carbons (Fsp3) is 0.235. The van der Waals surface area contributed by atoms with E-state index in [1.165, 1.54) is 5.56 Å². The van der Waals surface area contributed by atoms with Crippen molar-refractivity contribution in [1.82, 2.24) is 15.0 Å². The molecule has 112 valence electrons. The molecule has 2 aromatic heterocycles. The van der Waals surface area contributed by atoms with Crippen molar-refractivity contribution in [3.05, 3.63) is 46.7 Å². The zero-order valence-corrected chi connectivity index (χ0v) is 14.1. The van der Waals surface area contributed by atoms with Crippen LogP contribution < -0.4 is 5.73 Å². The van der Waals surface area contributed by atoms with Crippen molar-refractivity contribution >= 4 is 32.7 Å². The largest absolute Gasteiger partial charge is 0.382 e. The Morgan fingerprint density at radius 3 is 2.77 bits per heavy atom. The molecule has 0 amide bonds. The number of nitrogen functional groups attached to an aromatic ring is 1. The van der Waals surface area contributed by atoms with Crippen molar-refractivity contribution in [3.8, 4) is 11.4 Å². The third-order valence-electron chi connectivity index (χ3n) is 3.47. The second kappa shape index (κ2) is 6.01. The molecule has 0 aliphatic heterocycles. The average molecular weight is 357 g/mol. The molecule has 1 aromatic carbocycles. The van der Waals surface area contributed by atoms with Gasteiger partial charge in [0.05, 0.1) is 0 Å². The summed E-state index contributed by atoms with van der Waals surface area (Å²) in [5, 5.41) is 0.900. The van der Waals surface area contributed by atoms with Gasteiger partial charge in [0, 0.05) is 27.8 Å². The molecule has 2 heterocycles. The summed E-state index contributed by atoms with van der Waals surface area (Å²) in [5.41, 5.74) is 8.91. The molecule has 0 aliphatic carbocycles. The first-order chi connectivity index (χ1) is 10.5. The molecule has 3 rings (SSSR count). The fourth-order valence-corrected chi connectivity index (χ4v) is 2.84. The minimum absolute atomic E-state index is 0.432. The molecular formula is C17H17BrN4. The number of hydrogen-bond donors (Lipinski definition) is 1. The van der Waals surface area contributed by atoms with Crippen molar-refractivity contribution in [1.29, 1.82) is 0 Å². The highest BCUT2D eigenvalue weighted by atomic mass is 79.9. The standard InChI is InChI=1S/C17H17BrN4/c1-10(2)7-11-3-4-13(18)8-14(11)17-21-9-12-5-6-20-16(19)15(12)22-17/h3-6,8-10H,7H2,1-2H3,(H2,19,20). The molecule has 0 spiro atoms. The van der Waals surface area contributed by atoms with Gasteiger partial charge in [-0.3, -0.25) is 0 Å². The Morgan fingerprint density at radius 1 is 1.18 bits per heavy atom. The SMILES string of the molecule is CC(C)Cc1ccc(Br)cc1-c1ncc2ccnc(N)c2n1. The Balaban J connectivity index is 2.18. The molecule has 3 aromatic rings. The van der Waals surface area contributed by atoms with Crippen molar-refractivity contribution in [3.63, 3.8) is 0 Å². The van der Waals surface area contributed by atoms with Gasteiger partial charge in [0.15, 0.2) is 5.82 Å². The summed E-state index contributed by atoms with van der Waals surface area (Å²) in [6.07, 6.45) is 4.45. The van der Waals surface area contributed by atoms with E-state index in [2.05, 4.69) is 62.9 Å². The van der Waals surface area contributed by atoms with Gasteiger partial charge in [0.25, 0.3) is 0 Å². The van der Waals surface area contributed by atoms with E-state index in [0.29, 0.717) is 23.1 Å². The van der Waals surface area contributed by atoms with Gasteiger partial charge in [-0.05, 0) is 36.1 Å². The summed E-state index contributed by atoms with van der Waals surface area (Å²) < 4.78 is 1.01. The molecule has 0 aliphatic rings. The molecule has 0 unspecified atom stereocenters. The number of benzene rings is 1. The number of anilines is 1. The van der Waals surface area contributed by atoms with E-state index in [1.807, 2.05) is 6.07 Å². The van der Waals surface area contributed by atoms with E-state index in [-0.39, 0.29) is 0 Å². The maximum atomic E-state index is 5.94. The van der Waals surface area contributed by atoms with E-state index in [0.717, 1.165) is 21.8 Å². The predicted molar refractivity (Wildman–Crippen MR) is 93.4 cm³/mol. The normalized spacial score (nSPS) is 11.3. The molecule has 0 saturated carbocycles. The number of aromatic nitrogens is 3. The Kier molecular flexibility index (Phi) is 4.07. The molecule has 0 radical (unpaired) electrons. The van der Waals surface area contributed by atoms with Crippen LogP contribution in [-0.4, -0.2) is 15.0 Å². The lowest BCUT2D eigenvalue weighted by atomic mass is 9.97. The number of pyridine rings is 1. The van der Waals surface area contributed by atoms with Crippen molar-refractivity contribution in [2.75, 3.05) is 5.73 Å². The molecule has 0 saturated heterocycles. The number of rotatable bonds is 3. The van der Waals surface area contributed by atoms with Crippen LogP contribution >= 0.6 is 15.9 Å². The van der Waals surface area contributed by atoms with Crippen molar-refractivity contribution in [2.24, 2.45) is 5.92 Å². The molecule has 0 fully saturated rings. The van der Waals surface area contributed by atoms with Gasteiger partial charge >= 0.3 is 0 Å². The Labute approximate surface area is 137 Å². The van der Waals surface area contributed by atoms with Crippen LogP contribution in [0.5, 0.6) is 0 Å². The summed E-state index contributed by atoms with van der Waals surface area (Å²) in [7, 11) is 0. The van der Waals surface area contributed by atoms with Crippen LogP contribution in [-0.2, 0) is 6.42 Å². The summed E-state index contributed by atoms with van der Waals surface area (Å²) in [6.45, 7) is 4.41. The van der Waals surface area contributed by atoms with E-state index in [9.17, 15) is 0 Å². The smallest absolute Gasteiger partial charge is 0.160 e. The van der Waals surface area contributed by atoms with Crippen LogP contribution in [0.4, 0.5) is 5.82 Å². The van der Waals surface area contributed by atoms with Crippen LogP contribution in [0.15, 0.2) is 41.1 Å². The summed E-state index contributed by atoms with van der Waals surface area (Å²) in [4.78, 5) is 13.3. The van der Waals surface area contributed by atoms with Crippen LogP contribution in [0.3, 0.4) is 0 Å². The quantitative estimate of drug-likeness (QED) is 0.762. The Morgan fingerprint density at radius 2 is 2.00 bits per heavy atom. The highest BCUT2D eigenvalue weighted by molar-refractivity contribution is 9.10. The highest BCUT2D eigenvalue weighted by Crippen LogP contribution is 2.28. The van der Waals surface area contributed by atoms with E-state index in [1.54, 1.807) is 12.4 Å². The third-order valence-corrected chi connectivity index (χ3v) is 3.96. The zero-order chi connectivity index (χ0) is 15.7. The van der Waals surface area contributed by atoms with Gasteiger partial charge in [0.1, 0.15) is 11.3 Å². The third kappa shape index (κ3) is 2.95. The van der Waals surface area contributed by atoms with Crippen molar-refractivity contribution in [2.45, 2.75) is 20.3 Å². The number of nitrogens with zero attached hydrogens (tertiary/aromatic N) is 3. The second-order valence-electron chi connectivity index (χ2n) is 5.73. The van der Waals surface area contributed by atoms with Gasteiger partial charge in [-0.25, -0.2) is 15.0 Å². The van der Waals surface area contributed by atoms with Crippen LogP contribution in [0.2, 0.25) is 0 Å². The number of fused-ring (bicyclic) bond motifs is 1. The summed E-state index contributed by atoms with van der Waals surface area (Å²) in [6, 6.07) is 8.11. The van der Waals surface area contributed by atoms with Crippen LogP contribution in [0, 0.1) is 5.92 Å². The second-order valence-corrected chi connectivity index (χ2v) is 6.64. The molecule has 5 heteroatoms. The maximum Gasteiger partial charge on any atom is 0.160 e. The molecular weight excluding hydrogens is 340 g/mol. The van der Waals surface area contributed by atoms with Gasteiger partial charge in [-0.2, -0.15) is 0 Å². The molecule has 2 N–H and O–H groups in total. The van der Waals surface area contributed by atoms with Gasteiger partial charge in [0.2, 0.25) is 0 Å².